The van der Waals surface area contributed by atoms with Gasteiger partial charge in [0, 0.05) is 19.1 Å². The van der Waals surface area contributed by atoms with Gasteiger partial charge in [-0.3, -0.25) is 4.79 Å². The highest BCUT2D eigenvalue weighted by atomic mass is 16.2. The van der Waals surface area contributed by atoms with Crippen molar-refractivity contribution in [3.05, 3.63) is 35.4 Å². The van der Waals surface area contributed by atoms with Crippen LogP contribution in [0.4, 0.5) is 0 Å². The van der Waals surface area contributed by atoms with Gasteiger partial charge in [-0.05, 0) is 25.3 Å². The van der Waals surface area contributed by atoms with Crippen molar-refractivity contribution in [1.29, 1.82) is 0 Å². The largest absolute Gasteiger partial charge is 0.341 e. The van der Waals surface area contributed by atoms with Gasteiger partial charge in [0.05, 0.1) is 6.42 Å². The Hall–Kier alpha value is -1.35. The van der Waals surface area contributed by atoms with Crippen LogP contribution in [0.25, 0.3) is 0 Å². The number of benzene rings is 1. The van der Waals surface area contributed by atoms with E-state index in [0.717, 1.165) is 24.9 Å². The molecule has 2 rings (SSSR count). The van der Waals surface area contributed by atoms with Crippen molar-refractivity contribution in [2.45, 2.75) is 32.2 Å². The number of hydrogen-bond acceptors (Lipinski definition) is 2. The van der Waals surface area contributed by atoms with Gasteiger partial charge in [0.25, 0.3) is 0 Å². The third-order valence-electron chi connectivity index (χ3n) is 3.25. The number of aryl methyl sites for hydroxylation is 1. The lowest BCUT2D eigenvalue weighted by molar-refractivity contribution is -0.131. The van der Waals surface area contributed by atoms with Gasteiger partial charge in [-0.25, -0.2) is 0 Å². The molecule has 1 saturated heterocycles. The number of nitrogens with two attached hydrogens (primary N) is 1. The molecule has 1 aromatic rings. The first kappa shape index (κ1) is 12.1. The van der Waals surface area contributed by atoms with Gasteiger partial charge in [-0.1, -0.05) is 29.8 Å². The number of piperidine rings is 1. The van der Waals surface area contributed by atoms with Crippen LogP contribution in [0.2, 0.25) is 0 Å². The summed E-state index contributed by atoms with van der Waals surface area (Å²) in [6.07, 6.45) is 2.56. The lowest BCUT2D eigenvalue weighted by atomic mass is 10.0. The highest BCUT2D eigenvalue weighted by molar-refractivity contribution is 5.79. The van der Waals surface area contributed by atoms with E-state index in [4.69, 9.17) is 5.73 Å². The summed E-state index contributed by atoms with van der Waals surface area (Å²) in [7, 11) is 0. The third kappa shape index (κ3) is 3.30. The first-order chi connectivity index (χ1) is 8.15. The molecule has 0 unspecified atom stereocenters. The minimum atomic E-state index is 0.158. The van der Waals surface area contributed by atoms with Gasteiger partial charge < -0.3 is 10.6 Å². The summed E-state index contributed by atoms with van der Waals surface area (Å²) in [6.45, 7) is 3.62. The number of likely N-dealkylation sites (tertiary alicyclic amines) is 1. The molecule has 0 radical (unpaired) electrons. The predicted octanol–water partition coefficient (Wildman–Crippen LogP) is 1.49. The molecule has 2 N–H and O–H groups in total. The van der Waals surface area contributed by atoms with E-state index in [0.29, 0.717) is 13.0 Å². The van der Waals surface area contributed by atoms with E-state index in [9.17, 15) is 4.79 Å². The summed E-state index contributed by atoms with van der Waals surface area (Å²) < 4.78 is 0. The Balaban J connectivity index is 1.96. The van der Waals surface area contributed by atoms with Crippen molar-refractivity contribution < 1.29 is 4.79 Å². The number of carbonyl (C=O) groups is 1. The molecule has 1 heterocycles. The molecule has 1 atom stereocenters. The molecule has 0 saturated carbocycles. The monoisotopic (exact) mass is 232 g/mol. The van der Waals surface area contributed by atoms with E-state index in [1.807, 2.05) is 30.0 Å². The second kappa shape index (κ2) is 5.32. The Morgan fingerprint density at radius 1 is 1.53 bits per heavy atom. The van der Waals surface area contributed by atoms with E-state index in [1.54, 1.807) is 0 Å². The number of hydrogen-bond donors (Lipinski definition) is 1. The van der Waals surface area contributed by atoms with Crippen LogP contribution in [0.1, 0.15) is 24.0 Å². The lowest BCUT2D eigenvalue weighted by Crippen LogP contribution is -2.46. The number of carbonyl (C=O) groups excluding carboxylic acids is 1. The second-order valence-corrected chi connectivity index (χ2v) is 4.91. The normalized spacial score (nSPS) is 20.4. The summed E-state index contributed by atoms with van der Waals surface area (Å²) in [4.78, 5) is 14.0. The van der Waals surface area contributed by atoms with E-state index in [2.05, 4.69) is 6.07 Å². The molecular formula is C14H20N2O. The van der Waals surface area contributed by atoms with Crippen molar-refractivity contribution in [1.82, 2.24) is 4.90 Å². The molecule has 0 aliphatic carbocycles. The van der Waals surface area contributed by atoms with E-state index < -0.39 is 0 Å². The lowest BCUT2D eigenvalue weighted by Gasteiger charge is -2.30. The van der Waals surface area contributed by atoms with Gasteiger partial charge in [0.1, 0.15) is 0 Å². The van der Waals surface area contributed by atoms with Gasteiger partial charge in [0.15, 0.2) is 0 Å². The van der Waals surface area contributed by atoms with E-state index in [1.165, 1.54) is 5.56 Å². The fourth-order valence-corrected chi connectivity index (χ4v) is 2.35. The Labute approximate surface area is 103 Å². The Kier molecular flexibility index (Phi) is 3.79. The number of nitrogens with zero attached hydrogens (tertiary/aromatic N) is 1. The summed E-state index contributed by atoms with van der Waals surface area (Å²) in [5, 5.41) is 0. The van der Waals surface area contributed by atoms with Crippen LogP contribution in [0.15, 0.2) is 24.3 Å². The van der Waals surface area contributed by atoms with Gasteiger partial charge >= 0.3 is 0 Å². The maximum absolute atomic E-state index is 12.1. The SMILES string of the molecule is Cc1cccc(CC(=O)N2CCC[C@@H](N)C2)c1. The van der Waals surface area contributed by atoms with E-state index in [-0.39, 0.29) is 11.9 Å². The Morgan fingerprint density at radius 2 is 2.35 bits per heavy atom. The molecule has 1 aliphatic rings. The van der Waals surface area contributed by atoms with Gasteiger partial charge in [-0.15, -0.1) is 0 Å². The minimum absolute atomic E-state index is 0.158. The molecule has 1 aliphatic heterocycles. The van der Waals surface area contributed by atoms with E-state index >= 15 is 0 Å². The van der Waals surface area contributed by atoms with Crippen LogP contribution in [0.5, 0.6) is 0 Å². The average molecular weight is 232 g/mol. The highest BCUT2D eigenvalue weighted by Crippen LogP contribution is 2.11. The summed E-state index contributed by atoms with van der Waals surface area (Å²) in [5.74, 6) is 0.200. The van der Waals surface area contributed by atoms with Gasteiger partial charge in [-0.2, -0.15) is 0 Å². The molecule has 3 nitrogen and oxygen atoms in total. The molecule has 92 valence electrons. The van der Waals surface area contributed by atoms with Crippen molar-refractivity contribution in [3.8, 4) is 0 Å². The maximum Gasteiger partial charge on any atom is 0.227 e. The first-order valence-electron chi connectivity index (χ1n) is 6.24. The fraction of sp³-hybridized carbons (Fsp3) is 0.500. The molecule has 1 aromatic carbocycles. The van der Waals surface area contributed by atoms with Gasteiger partial charge in [0.2, 0.25) is 5.91 Å². The molecule has 0 bridgehead atoms. The van der Waals surface area contributed by atoms with Crippen molar-refractivity contribution in [2.75, 3.05) is 13.1 Å². The minimum Gasteiger partial charge on any atom is -0.341 e. The van der Waals surface area contributed by atoms with Crippen molar-refractivity contribution in [3.63, 3.8) is 0 Å². The smallest absolute Gasteiger partial charge is 0.227 e. The highest BCUT2D eigenvalue weighted by Gasteiger charge is 2.20. The summed E-state index contributed by atoms with van der Waals surface area (Å²) in [6, 6.07) is 8.28. The van der Waals surface area contributed by atoms with Crippen LogP contribution in [-0.2, 0) is 11.2 Å². The topological polar surface area (TPSA) is 46.3 Å². The summed E-state index contributed by atoms with van der Waals surface area (Å²) in [5.41, 5.74) is 8.18. The molecule has 17 heavy (non-hydrogen) atoms. The quantitative estimate of drug-likeness (QED) is 0.839. The van der Waals surface area contributed by atoms with Crippen molar-refractivity contribution >= 4 is 5.91 Å². The molecule has 1 amide bonds. The predicted molar refractivity (Wildman–Crippen MR) is 68.7 cm³/mol. The second-order valence-electron chi connectivity index (χ2n) is 4.91. The Bertz CT molecular complexity index is 403. The fourth-order valence-electron chi connectivity index (χ4n) is 2.35. The third-order valence-corrected chi connectivity index (χ3v) is 3.25. The van der Waals surface area contributed by atoms with Crippen LogP contribution in [-0.4, -0.2) is 29.9 Å². The summed E-state index contributed by atoms with van der Waals surface area (Å²) >= 11 is 0. The maximum atomic E-state index is 12.1. The zero-order chi connectivity index (χ0) is 12.3. The molecule has 0 spiro atoms. The standard InChI is InChI=1S/C14H20N2O/c1-11-4-2-5-12(8-11)9-14(17)16-7-3-6-13(15)10-16/h2,4-5,8,13H,3,6-7,9-10,15H2,1H3/t13-/m1/s1. The number of rotatable bonds is 2. The van der Waals surface area contributed by atoms with Crippen LogP contribution < -0.4 is 5.73 Å². The van der Waals surface area contributed by atoms with Crippen LogP contribution in [0, 0.1) is 6.92 Å². The molecule has 1 fully saturated rings. The molecule has 0 aromatic heterocycles. The molecule has 3 heteroatoms. The molecular weight excluding hydrogens is 212 g/mol. The van der Waals surface area contributed by atoms with Crippen LogP contribution in [0.3, 0.4) is 0 Å². The zero-order valence-corrected chi connectivity index (χ0v) is 10.4. The number of amides is 1. The Morgan fingerprint density at radius 3 is 3.06 bits per heavy atom. The van der Waals surface area contributed by atoms with Crippen LogP contribution >= 0.6 is 0 Å². The first-order valence-corrected chi connectivity index (χ1v) is 6.24. The zero-order valence-electron chi connectivity index (χ0n) is 10.4. The average Bonchev–Trinajstić information content (AvgIpc) is 2.29. The van der Waals surface area contributed by atoms with Crippen molar-refractivity contribution in [2.24, 2.45) is 5.73 Å².